The molecule has 2 unspecified atom stereocenters. The molecule has 0 fully saturated rings. The van der Waals surface area contributed by atoms with E-state index < -0.39 is 0 Å². The van der Waals surface area contributed by atoms with Crippen molar-refractivity contribution in [3.8, 4) is 0 Å². The fourth-order valence-electron chi connectivity index (χ4n) is 1.66. The van der Waals surface area contributed by atoms with Crippen LogP contribution in [0.25, 0.3) is 0 Å². The minimum atomic E-state index is -0.137. The number of amides is 2. The van der Waals surface area contributed by atoms with Crippen LogP contribution in [0.3, 0.4) is 0 Å². The Labute approximate surface area is 112 Å². The number of carbonyl (C=O) groups is 1. The summed E-state index contributed by atoms with van der Waals surface area (Å²) < 4.78 is 0. The van der Waals surface area contributed by atoms with Crippen molar-refractivity contribution in [3.63, 3.8) is 0 Å². The fraction of sp³-hybridized carbons (Fsp3) is 0.615. The molecule has 0 aromatic carbocycles. The van der Waals surface area contributed by atoms with E-state index in [9.17, 15) is 4.79 Å². The zero-order chi connectivity index (χ0) is 13.4. The molecule has 0 spiro atoms. The summed E-state index contributed by atoms with van der Waals surface area (Å²) in [4.78, 5) is 11.6. The van der Waals surface area contributed by atoms with Crippen LogP contribution in [-0.2, 0) is 0 Å². The molecular formula is C13H22N2O2S. The monoisotopic (exact) mass is 270 g/mol. The molecule has 3 N–H and O–H groups in total. The highest BCUT2D eigenvalue weighted by Gasteiger charge is 2.09. The third-order valence-electron chi connectivity index (χ3n) is 2.85. The maximum atomic E-state index is 11.6. The van der Waals surface area contributed by atoms with Gasteiger partial charge in [0, 0.05) is 19.2 Å². The summed E-state index contributed by atoms with van der Waals surface area (Å²) in [6.45, 7) is 4.84. The van der Waals surface area contributed by atoms with Crippen molar-refractivity contribution in [1.82, 2.24) is 10.6 Å². The Morgan fingerprint density at radius 3 is 2.89 bits per heavy atom. The number of carbonyl (C=O) groups excluding carboxylic acids is 1. The minimum Gasteiger partial charge on any atom is -0.396 e. The molecule has 0 radical (unpaired) electrons. The third-order valence-corrected chi connectivity index (χ3v) is 3.56. The van der Waals surface area contributed by atoms with E-state index in [4.69, 9.17) is 5.11 Å². The van der Waals surface area contributed by atoms with Gasteiger partial charge in [0.2, 0.25) is 0 Å². The second kappa shape index (κ2) is 8.11. The van der Waals surface area contributed by atoms with Gasteiger partial charge in [-0.1, -0.05) is 6.92 Å². The van der Waals surface area contributed by atoms with Crippen LogP contribution in [0.15, 0.2) is 16.8 Å². The highest BCUT2D eigenvalue weighted by Crippen LogP contribution is 2.16. The van der Waals surface area contributed by atoms with Gasteiger partial charge in [0.05, 0.1) is 0 Å². The lowest BCUT2D eigenvalue weighted by Gasteiger charge is -2.16. The van der Waals surface area contributed by atoms with Crippen molar-refractivity contribution in [2.45, 2.75) is 38.6 Å². The Kier molecular flexibility index (Phi) is 6.75. The predicted molar refractivity (Wildman–Crippen MR) is 75.1 cm³/mol. The molecule has 2 atom stereocenters. The van der Waals surface area contributed by atoms with E-state index in [1.165, 1.54) is 5.56 Å². The summed E-state index contributed by atoms with van der Waals surface area (Å²) in [6, 6.07) is 2.04. The average molecular weight is 270 g/mol. The maximum absolute atomic E-state index is 11.6. The van der Waals surface area contributed by atoms with Gasteiger partial charge in [-0.2, -0.15) is 11.3 Å². The second-order valence-corrected chi connectivity index (χ2v) is 5.36. The smallest absolute Gasteiger partial charge is 0.315 e. The molecule has 102 valence electrons. The van der Waals surface area contributed by atoms with E-state index in [1.807, 2.05) is 12.3 Å². The van der Waals surface area contributed by atoms with Gasteiger partial charge < -0.3 is 15.7 Å². The largest absolute Gasteiger partial charge is 0.396 e. The number of thiophene rings is 1. The first-order chi connectivity index (χ1) is 8.63. The summed E-state index contributed by atoms with van der Waals surface area (Å²) in [5, 5.41) is 18.6. The molecule has 1 aromatic heterocycles. The van der Waals surface area contributed by atoms with Gasteiger partial charge in [0.15, 0.2) is 0 Å². The molecule has 1 aromatic rings. The van der Waals surface area contributed by atoms with Crippen LogP contribution in [0, 0.1) is 0 Å². The van der Waals surface area contributed by atoms with Gasteiger partial charge >= 0.3 is 6.03 Å². The van der Waals surface area contributed by atoms with E-state index >= 15 is 0 Å². The van der Waals surface area contributed by atoms with E-state index in [2.05, 4.69) is 29.0 Å². The van der Waals surface area contributed by atoms with Crippen LogP contribution in [0.2, 0.25) is 0 Å². The molecule has 0 aliphatic rings. The Hall–Kier alpha value is -1.07. The summed E-state index contributed by atoms with van der Waals surface area (Å²) in [5.74, 6) is 0.328. The molecule has 18 heavy (non-hydrogen) atoms. The van der Waals surface area contributed by atoms with Gasteiger partial charge in [-0.3, -0.25) is 0 Å². The zero-order valence-corrected chi connectivity index (χ0v) is 11.8. The highest BCUT2D eigenvalue weighted by atomic mass is 32.1. The second-order valence-electron chi connectivity index (χ2n) is 4.58. The fourth-order valence-corrected chi connectivity index (χ4v) is 2.45. The first-order valence-electron chi connectivity index (χ1n) is 6.30. The van der Waals surface area contributed by atoms with Crippen molar-refractivity contribution < 1.29 is 9.90 Å². The number of aliphatic hydroxyl groups is 1. The standard InChI is InChI=1S/C13H22N2O2S/c1-10(12-5-7-18-9-12)8-14-13(17)15-11(2)4-3-6-16/h5,7,9-11,16H,3-4,6,8H2,1-2H3,(H2,14,15,17). The van der Waals surface area contributed by atoms with Crippen LogP contribution in [0.1, 0.15) is 38.2 Å². The Morgan fingerprint density at radius 1 is 1.50 bits per heavy atom. The number of hydrogen-bond donors (Lipinski definition) is 3. The van der Waals surface area contributed by atoms with Crippen molar-refractivity contribution in [1.29, 1.82) is 0 Å². The van der Waals surface area contributed by atoms with Crippen LogP contribution < -0.4 is 10.6 Å². The van der Waals surface area contributed by atoms with Crippen molar-refractivity contribution in [2.24, 2.45) is 0 Å². The lowest BCUT2D eigenvalue weighted by Crippen LogP contribution is -2.42. The van der Waals surface area contributed by atoms with E-state index in [0.29, 0.717) is 18.9 Å². The normalized spacial score (nSPS) is 13.9. The third kappa shape index (κ3) is 5.51. The van der Waals surface area contributed by atoms with Gasteiger partial charge in [0.1, 0.15) is 0 Å². The Morgan fingerprint density at radius 2 is 2.28 bits per heavy atom. The van der Waals surface area contributed by atoms with E-state index in [1.54, 1.807) is 11.3 Å². The number of aliphatic hydroxyl groups excluding tert-OH is 1. The lowest BCUT2D eigenvalue weighted by atomic mass is 10.1. The summed E-state index contributed by atoms with van der Waals surface area (Å²) >= 11 is 1.67. The number of urea groups is 1. The molecule has 1 rings (SSSR count). The number of hydrogen-bond acceptors (Lipinski definition) is 3. The van der Waals surface area contributed by atoms with Crippen molar-refractivity contribution >= 4 is 17.4 Å². The van der Waals surface area contributed by atoms with Gasteiger partial charge in [-0.15, -0.1) is 0 Å². The quantitative estimate of drug-likeness (QED) is 0.712. The molecular weight excluding hydrogens is 248 g/mol. The lowest BCUT2D eigenvalue weighted by molar-refractivity contribution is 0.234. The van der Waals surface area contributed by atoms with Crippen molar-refractivity contribution in [2.75, 3.05) is 13.2 Å². The molecule has 0 saturated carbocycles. The Bertz CT molecular complexity index is 341. The van der Waals surface area contributed by atoms with E-state index in [-0.39, 0.29) is 18.7 Å². The SMILES string of the molecule is CC(CCCO)NC(=O)NCC(C)c1ccsc1. The minimum absolute atomic E-state index is 0.0913. The average Bonchev–Trinajstić information content (AvgIpc) is 2.87. The van der Waals surface area contributed by atoms with Crippen LogP contribution in [-0.4, -0.2) is 30.3 Å². The Balaban J connectivity index is 2.20. The number of nitrogens with one attached hydrogen (secondary N) is 2. The van der Waals surface area contributed by atoms with Crippen LogP contribution in [0.5, 0.6) is 0 Å². The van der Waals surface area contributed by atoms with E-state index in [0.717, 1.165) is 6.42 Å². The molecule has 4 nitrogen and oxygen atoms in total. The zero-order valence-electron chi connectivity index (χ0n) is 11.0. The summed E-state index contributed by atoms with van der Waals surface area (Å²) in [6.07, 6.45) is 1.51. The molecule has 1 heterocycles. The van der Waals surface area contributed by atoms with Crippen molar-refractivity contribution in [3.05, 3.63) is 22.4 Å². The molecule has 0 aliphatic heterocycles. The topological polar surface area (TPSA) is 61.4 Å². The first-order valence-corrected chi connectivity index (χ1v) is 7.25. The molecule has 0 aliphatic carbocycles. The van der Waals surface area contributed by atoms with Crippen LogP contribution in [0.4, 0.5) is 4.79 Å². The summed E-state index contributed by atoms with van der Waals surface area (Å²) in [7, 11) is 0. The van der Waals surface area contributed by atoms with Gasteiger partial charge in [-0.25, -0.2) is 4.79 Å². The molecule has 5 heteroatoms. The maximum Gasteiger partial charge on any atom is 0.315 e. The first kappa shape index (κ1) is 15.0. The van der Waals surface area contributed by atoms with Crippen LogP contribution >= 0.6 is 11.3 Å². The predicted octanol–water partition coefficient (Wildman–Crippen LogP) is 2.31. The number of rotatable bonds is 7. The van der Waals surface area contributed by atoms with Gasteiger partial charge in [0.25, 0.3) is 0 Å². The summed E-state index contributed by atoms with van der Waals surface area (Å²) in [5.41, 5.74) is 1.26. The highest BCUT2D eigenvalue weighted by molar-refractivity contribution is 7.07. The molecule has 0 saturated heterocycles. The molecule has 2 amide bonds. The molecule has 0 bridgehead atoms. The van der Waals surface area contributed by atoms with Gasteiger partial charge in [-0.05, 0) is 48.1 Å².